The van der Waals surface area contributed by atoms with Gasteiger partial charge in [0.25, 0.3) is 0 Å². The number of rotatable bonds is 7. The lowest BCUT2D eigenvalue weighted by Gasteiger charge is -2.12. The fraction of sp³-hybridized carbons (Fsp3) is 0.533. The summed E-state index contributed by atoms with van der Waals surface area (Å²) in [5.74, 6) is 2.32. The molecule has 0 bridgehead atoms. The third-order valence-electron chi connectivity index (χ3n) is 3.79. The predicted octanol–water partition coefficient (Wildman–Crippen LogP) is 2.51. The summed E-state index contributed by atoms with van der Waals surface area (Å²) < 4.78 is 7.51. The Hall–Kier alpha value is -2.11. The lowest BCUT2D eigenvalue weighted by atomic mass is 10.1. The molecule has 6 nitrogen and oxygen atoms in total. The highest BCUT2D eigenvalue weighted by atomic mass is 16.5. The summed E-state index contributed by atoms with van der Waals surface area (Å²) in [5, 5.41) is 12.1. The van der Waals surface area contributed by atoms with E-state index in [4.69, 9.17) is 10.5 Å². The Morgan fingerprint density at radius 1 is 1.38 bits per heavy atom. The van der Waals surface area contributed by atoms with Crippen molar-refractivity contribution >= 4 is 5.69 Å². The second kappa shape index (κ2) is 6.11. The molecule has 0 saturated heterocycles. The number of hydrogen-bond acceptors (Lipinski definition) is 5. The normalized spacial score (nSPS) is 14.3. The molecule has 1 fully saturated rings. The highest BCUT2D eigenvalue weighted by molar-refractivity contribution is 5.73. The molecule has 1 aliphatic carbocycles. The molecule has 1 aliphatic rings. The number of tetrazole rings is 1. The van der Waals surface area contributed by atoms with E-state index in [0.29, 0.717) is 18.0 Å². The van der Waals surface area contributed by atoms with E-state index in [1.165, 1.54) is 19.3 Å². The zero-order valence-electron chi connectivity index (χ0n) is 12.3. The van der Waals surface area contributed by atoms with Crippen molar-refractivity contribution in [2.75, 3.05) is 12.3 Å². The van der Waals surface area contributed by atoms with E-state index in [2.05, 4.69) is 15.5 Å². The number of aryl methyl sites for hydroxylation is 1. The number of nitrogens with zero attached hydrogens (tertiary/aromatic N) is 4. The van der Waals surface area contributed by atoms with Crippen molar-refractivity contribution in [3.8, 4) is 17.1 Å². The second-order valence-corrected chi connectivity index (χ2v) is 5.47. The SMILES string of the molecule is CCOc1c(N)cccc1-c1nnnn1CCCC1CC1. The monoisotopic (exact) mass is 287 g/mol. The Balaban J connectivity index is 1.82. The number of nitrogen functional groups attached to an aromatic ring is 1. The Morgan fingerprint density at radius 2 is 2.24 bits per heavy atom. The molecule has 1 aromatic carbocycles. The number of hydrogen-bond donors (Lipinski definition) is 1. The second-order valence-electron chi connectivity index (χ2n) is 5.47. The average Bonchev–Trinajstić information content (AvgIpc) is 3.18. The van der Waals surface area contributed by atoms with Crippen molar-refractivity contribution in [1.29, 1.82) is 0 Å². The van der Waals surface area contributed by atoms with Gasteiger partial charge in [-0.15, -0.1) is 5.10 Å². The van der Waals surface area contributed by atoms with Crippen molar-refractivity contribution in [2.45, 2.75) is 39.2 Å². The maximum atomic E-state index is 6.01. The number of ether oxygens (including phenoxy) is 1. The molecule has 21 heavy (non-hydrogen) atoms. The van der Waals surface area contributed by atoms with Crippen molar-refractivity contribution in [3.05, 3.63) is 18.2 Å². The summed E-state index contributed by atoms with van der Waals surface area (Å²) in [6.07, 6.45) is 5.13. The first kappa shape index (κ1) is 13.9. The van der Waals surface area contributed by atoms with E-state index in [9.17, 15) is 0 Å². The van der Waals surface area contributed by atoms with Crippen molar-refractivity contribution in [1.82, 2.24) is 20.2 Å². The minimum atomic E-state index is 0.560. The van der Waals surface area contributed by atoms with E-state index in [-0.39, 0.29) is 0 Å². The minimum absolute atomic E-state index is 0.560. The summed E-state index contributed by atoms with van der Waals surface area (Å²) in [5.41, 5.74) is 7.48. The molecule has 3 rings (SSSR count). The molecule has 0 unspecified atom stereocenters. The van der Waals surface area contributed by atoms with Crippen LogP contribution in [0.3, 0.4) is 0 Å². The molecule has 0 spiro atoms. The fourth-order valence-electron chi connectivity index (χ4n) is 2.52. The van der Waals surface area contributed by atoms with Crippen LogP contribution in [0.1, 0.15) is 32.6 Å². The van der Waals surface area contributed by atoms with Crippen LogP contribution in [0.5, 0.6) is 5.75 Å². The standard InChI is InChI=1S/C15H21N5O/c1-2-21-14-12(6-3-7-13(14)16)15-17-18-19-20(15)10-4-5-11-8-9-11/h3,6-7,11H,2,4-5,8-10,16H2,1H3. The van der Waals surface area contributed by atoms with Gasteiger partial charge in [-0.3, -0.25) is 0 Å². The van der Waals surface area contributed by atoms with E-state index in [1.54, 1.807) is 0 Å². The molecule has 6 heteroatoms. The van der Waals surface area contributed by atoms with Crippen molar-refractivity contribution < 1.29 is 4.74 Å². The molecule has 0 atom stereocenters. The van der Waals surface area contributed by atoms with Gasteiger partial charge in [0.1, 0.15) is 0 Å². The van der Waals surface area contributed by atoms with Gasteiger partial charge in [0.15, 0.2) is 11.6 Å². The summed E-state index contributed by atoms with van der Waals surface area (Å²) in [6.45, 7) is 3.33. The van der Waals surface area contributed by atoms with Gasteiger partial charge in [-0.05, 0) is 48.2 Å². The number of anilines is 1. The van der Waals surface area contributed by atoms with Gasteiger partial charge in [-0.25, -0.2) is 4.68 Å². The molecular formula is C15H21N5O. The van der Waals surface area contributed by atoms with Crippen LogP contribution in [0.25, 0.3) is 11.4 Å². The van der Waals surface area contributed by atoms with Crippen LogP contribution in [0.2, 0.25) is 0 Å². The molecule has 1 heterocycles. The zero-order chi connectivity index (χ0) is 14.7. The van der Waals surface area contributed by atoms with E-state index in [1.807, 2.05) is 29.8 Å². The first-order valence-electron chi connectivity index (χ1n) is 7.57. The number of benzene rings is 1. The Labute approximate surface area is 124 Å². The van der Waals surface area contributed by atoms with Crippen LogP contribution in [-0.2, 0) is 6.54 Å². The van der Waals surface area contributed by atoms with Gasteiger partial charge in [-0.1, -0.05) is 18.9 Å². The van der Waals surface area contributed by atoms with Crippen LogP contribution in [0.15, 0.2) is 18.2 Å². The average molecular weight is 287 g/mol. The number of nitrogens with two attached hydrogens (primary N) is 1. The van der Waals surface area contributed by atoms with Crippen LogP contribution in [0, 0.1) is 5.92 Å². The zero-order valence-corrected chi connectivity index (χ0v) is 12.3. The topological polar surface area (TPSA) is 78.8 Å². The van der Waals surface area contributed by atoms with E-state index in [0.717, 1.165) is 30.3 Å². The molecule has 112 valence electrons. The van der Waals surface area contributed by atoms with Gasteiger partial charge in [0.05, 0.1) is 17.9 Å². The van der Waals surface area contributed by atoms with Crippen molar-refractivity contribution in [2.24, 2.45) is 5.92 Å². The van der Waals surface area contributed by atoms with Crippen molar-refractivity contribution in [3.63, 3.8) is 0 Å². The maximum Gasteiger partial charge on any atom is 0.185 e. The smallest absolute Gasteiger partial charge is 0.185 e. The third-order valence-corrected chi connectivity index (χ3v) is 3.79. The van der Waals surface area contributed by atoms with Gasteiger partial charge in [-0.2, -0.15) is 0 Å². The quantitative estimate of drug-likeness (QED) is 0.792. The number of para-hydroxylation sites is 1. The lowest BCUT2D eigenvalue weighted by Crippen LogP contribution is -2.06. The Bertz CT molecular complexity index is 606. The number of aromatic nitrogens is 4. The van der Waals surface area contributed by atoms with E-state index >= 15 is 0 Å². The fourth-order valence-corrected chi connectivity index (χ4v) is 2.52. The van der Waals surface area contributed by atoms with Gasteiger partial charge >= 0.3 is 0 Å². The molecule has 0 amide bonds. The summed E-state index contributed by atoms with van der Waals surface area (Å²) in [4.78, 5) is 0. The molecule has 0 aliphatic heterocycles. The lowest BCUT2D eigenvalue weighted by molar-refractivity contribution is 0.343. The Kier molecular flexibility index (Phi) is 4.03. The van der Waals surface area contributed by atoms with Crippen LogP contribution in [-0.4, -0.2) is 26.8 Å². The molecule has 2 aromatic rings. The predicted molar refractivity (Wildman–Crippen MR) is 80.8 cm³/mol. The summed E-state index contributed by atoms with van der Waals surface area (Å²) in [7, 11) is 0. The summed E-state index contributed by atoms with van der Waals surface area (Å²) in [6, 6.07) is 5.68. The molecular weight excluding hydrogens is 266 g/mol. The highest BCUT2D eigenvalue weighted by Crippen LogP contribution is 2.35. The van der Waals surface area contributed by atoms with Gasteiger partial charge in [0.2, 0.25) is 0 Å². The molecule has 2 N–H and O–H groups in total. The first-order valence-corrected chi connectivity index (χ1v) is 7.57. The largest absolute Gasteiger partial charge is 0.491 e. The van der Waals surface area contributed by atoms with Gasteiger partial charge in [0, 0.05) is 6.54 Å². The highest BCUT2D eigenvalue weighted by Gasteiger charge is 2.21. The maximum absolute atomic E-state index is 6.01. The van der Waals surface area contributed by atoms with Crippen LogP contribution < -0.4 is 10.5 Å². The third kappa shape index (κ3) is 3.15. The van der Waals surface area contributed by atoms with Gasteiger partial charge < -0.3 is 10.5 Å². The minimum Gasteiger partial charge on any atom is -0.491 e. The van der Waals surface area contributed by atoms with Crippen LogP contribution in [0.4, 0.5) is 5.69 Å². The first-order chi connectivity index (χ1) is 10.3. The summed E-state index contributed by atoms with van der Waals surface area (Å²) >= 11 is 0. The van der Waals surface area contributed by atoms with Crippen LogP contribution >= 0.6 is 0 Å². The molecule has 0 radical (unpaired) electrons. The Morgan fingerprint density at radius 3 is 3.00 bits per heavy atom. The molecule has 1 aromatic heterocycles. The molecule has 1 saturated carbocycles. The van der Waals surface area contributed by atoms with E-state index < -0.39 is 0 Å².